The van der Waals surface area contributed by atoms with Crippen molar-refractivity contribution in [3.63, 3.8) is 0 Å². The zero-order chi connectivity index (χ0) is 6.24. The first-order valence-corrected chi connectivity index (χ1v) is 2.43. The molecule has 4 nitrogen and oxygen atoms in total. The van der Waals surface area contributed by atoms with E-state index in [9.17, 15) is 0 Å². The van der Waals surface area contributed by atoms with Crippen LogP contribution >= 0.6 is 0 Å². The van der Waals surface area contributed by atoms with E-state index in [2.05, 4.69) is 15.8 Å². The first kappa shape index (κ1) is 7.39. The van der Waals surface area contributed by atoms with Gasteiger partial charge in [0, 0.05) is 7.05 Å². The van der Waals surface area contributed by atoms with E-state index in [0.717, 1.165) is 0 Å². The van der Waals surface area contributed by atoms with Gasteiger partial charge < -0.3 is 10.5 Å². The molecule has 0 aromatic carbocycles. The summed E-state index contributed by atoms with van der Waals surface area (Å²) in [6, 6.07) is 0. The predicted molar refractivity (Wildman–Crippen MR) is 32.6 cm³/mol. The summed E-state index contributed by atoms with van der Waals surface area (Å²) in [5.74, 6) is 0. The molecule has 8 heavy (non-hydrogen) atoms. The Kier molecular flexibility index (Phi) is 5.90. The van der Waals surface area contributed by atoms with E-state index in [4.69, 9.17) is 5.11 Å². The van der Waals surface area contributed by atoms with Gasteiger partial charge in [0.15, 0.2) is 0 Å². The maximum absolute atomic E-state index is 8.20. The predicted octanol–water partition coefficient (Wildman–Crippen LogP) is -1.27. The summed E-state index contributed by atoms with van der Waals surface area (Å²) >= 11 is 0. The van der Waals surface area contributed by atoms with Gasteiger partial charge in [0.25, 0.3) is 0 Å². The van der Waals surface area contributed by atoms with Crippen molar-refractivity contribution in [2.24, 2.45) is 4.99 Å². The van der Waals surface area contributed by atoms with Crippen molar-refractivity contribution in [2.45, 2.75) is 0 Å². The lowest BCUT2D eigenvalue weighted by Gasteiger charge is -1.91. The molecule has 0 amide bonds. The molecule has 48 valence electrons. The number of aliphatic hydroxyl groups is 1. The van der Waals surface area contributed by atoms with Gasteiger partial charge in [-0.15, -0.1) is 0 Å². The quantitative estimate of drug-likeness (QED) is 0.244. The third-order valence-electron chi connectivity index (χ3n) is 0.529. The minimum Gasteiger partial charge on any atom is -0.394 e. The summed E-state index contributed by atoms with van der Waals surface area (Å²) in [5, 5.41) is 8.20. The Morgan fingerprint density at radius 3 is 3.00 bits per heavy atom. The van der Waals surface area contributed by atoms with Gasteiger partial charge in [0.1, 0.15) is 0 Å². The summed E-state index contributed by atoms with van der Waals surface area (Å²) in [6.45, 7) is 0.552. The van der Waals surface area contributed by atoms with Crippen LogP contribution in [-0.2, 0) is 0 Å². The molecule has 4 heteroatoms. The smallest absolute Gasteiger partial charge is 0.0967 e. The van der Waals surface area contributed by atoms with Gasteiger partial charge in [-0.2, -0.15) is 0 Å². The molecule has 0 aliphatic rings. The maximum Gasteiger partial charge on any atom is 0.0967 e. The molecule has 0 aliphatic heterocycles. The highest BCUT2D eigenvalue weighted by molar-refractivity contribution is 5.53. The van der Waals surface area contributed by atoms with Crippen LogP contribution in [0.4, 0.5) is 0 Å². The molecule has 0 fully saturated rings. The second-order valence-electron chi connectivity index (χ2n) is 1.15. The molecule has 0 heterocycles. The number of aliphatic hydroxyl groups excluding tert-OH is 1. The zero-order valence-electron chi connectivity index (χ0n) is 4.89. The third-order valence-corrected chi connectivity index (χ3v) is 0.529. The lowest BCUT2D eigenvalue weighted by molar-refractivity contribution is 0.307. The van der Waals surface area contributed by atoms with Crippen molar-refractivity contribution in [2.75, 3.05) is 20.2 Å². The van der Waals surface area contributed by atoms with Gasteiger partial charge in [-0.1, -0.05) is 0 Å². The minimum atomic E-state index is 0.0991. The molecule has 0 saturated heterocycles. The van der Waals surface area contributed by atoms with E-state index in [-0.39, 0.29) is 6.61 Å². The Bertz CT molecular complexity index is 56.3. The molecule has 0 rings (SSSR count). The van der Waals surface area contributed by atoms with Crippen molar-refractivity contribution in [3.05, 3.63) is 0 Å². The van der Waals surface area contributed by atoms with Crippen LogP contribution in [0.3, 0.4) is 0 Å². The van der Waals surface area contributed by atoms with Crippen LogP contribution < -0.4 is 10.9 Å². The fourth-order valence-electron chi connectivity index (χ4n) is 0.232. The second-order valence-corrected chi connectivity index (χ2v) is 1.15. The number of rotatable bonds is 4. The van der Waals surface area contributed by atoms with Gasteiger partial charge in [-0.05, 0) is 0 Å². The fourth-order valence-corrected chi connectivity index (χ4v) is 0.232. The highest BCUT2D eigenvalue weighted by Gasteiger charge is 1.69. The summed E-state index contributed by atoms with van der Waals surface area (Å²) in [6.07, 6.45) is 1.50. The van der Waals surface area contributed by atoms with E-state index in [1.54, 1.807) is 7.05 Å². The Hall–Kier alpha value is -0.610. The number of nitrogens with zero attached hydrogens (tertiary/aromatic N) is 1. The molecule has 0 atom stereocenters. The molecule has 0 aromatic rings. The highest BCUT2D eigenvalue weighted by Crippen LogP contribution is 1.59. The molecule has 0 aromatic heterocycles. The van der Waals surface area contributed by atoms with Crippen LogP contribution in [0, 0.1) is 0 Å². The normalized spacial score (nSPS) is 10.2. The van der Waals surface area contributed by atoms with Gasteiger partial charge in [-0.25, -0.2) is 5.43 Å². The Labute approximate surface area is 48.6 Å². The molecule has 0 radical (unpaired) electrons. The number of hydrazine groups is 1. The van der Waals surface area contributed by atoms with Gasteiger partial charge >= 0.3 is 0 Å². The third kappa shape index (κ3) is 5.39. The molecular weight excluding hydrogens is 106 g/mol. The maximum atomic E-state index is 8.20. The molecular formula is C4H11N3O. The van der Waals surface area contributed by atoms with Crippen LogP contribution in [0.15, 0.2) is 4.99 Å². The number of nitrogens with one attached hydrogen (secondary N) is 2. The molecule has 0 bridgehead atoms. The molecule has 0 spiro atoms. The van der Waals surface area contributed by atoms with Crippen LogP contribution in [-0.4, -0.2) is 31.6 Å². The van der Waals surface area contributed by atoms with E-state index in [1.165, 1.54) is 6.34 Å². The average Bonchev–Trinajstić information content (AvgIpc) is 1.81. The fraction of sp³-hybridized carbons (Fsp3) is 0.750. The lowest BCUT2D eigenvalue weighted by atomic mass is 10.7. The van der Waals surface area contributed by atoms with Crippen LogP contribution in [0.1, 0.15) is 0 Å². The summed E-state index contributed by atoms with van der Waals surface area (Å²) in [7, 11) is 1.74. The minimum absolute atomic E-state index is 0.0991. The van der Waals surface area contributed by atoms with E-state index in [1.807, 2.05) is 0 Å². The van der Waals surface area contributed by atoms with Crippen molar-refractivity contribution in [3.8, 4) is 0 Å². The van der Waals surface area contributed by atoms with Gasteiger partial charge in [-0.3, -0.25) is 4.99 Å². The highest BCUT2D eigenvalue weighted by atomic mass is 16.3. The average molecular weight is 117 g/mol. The van der Waals surface area contributed by atoms with Crippen LogP contribution in [0.5, 0.6) is 0 Å². The van der Waals surface area contributed by atoms with Gasteiger partial charge in [0.05, 0.1) is 19.5 Å². The molecule has 0 unspecified atom stereocenters. The Balaban J connectivity index is 2.83. The second kappa shape index (κ2) is 6.39. The lowest BCUT2D eigenvalue weighted by Crippen LogP contribution is -2.25. The first-order valence-electron chi connectivity index (χ1n) is 2.43. The standard InChI is InChI=1S/C4H11N3O/c1-5-7-4-6-2-3-8/h4-5,8H,2-3H2,1H3,(H,6,7). The van der Waals surface area contributed by atoms with Crippen LogP contribution in [0.25, 0.3) is 0 Å². The monoisotopic (exact) mass is 117 g/mol. The number of hydrogen-bond acceptors (Lipinski definition) is 3. The van der Waals surface area contributed by atoms with Gasteiger partial charge in [0.2, 0.25) is 0 Å². The van der Waals surface area contributed by atoms with Crippen molar-refractivity contribution in [1.82, 2.24) is 10.9 Å². The van der Waals surface area contributed by atoms with E-state index in [0.29, 0.717) is 6.54 Å². The Morgan fingerprint density at radius 2 is 2.50 bits per heavy atom. The SMILES string of the molecule is CNNC=NCCO. The largest absolute Gasteiger partial charge is 0.394 e. The summed E-state index contributed by atoms with van der Waals surface area (Å²) in [5.41, 5.74) is 5.28. The topological polar surface area (TPSA) is 56.7 Å². The zero-order valence-corrected chi connectivity index (χ0v) is 4.89. The van der Waals surface area contributed by atoms with Crippen molar-refractivity contribution < 1.29 is 5.11 Å². The number of hydrogen-bond donors (Lipinski definition) is 3. The van der Waals surface area contributed by atoms with E-state index < -0.39 is 0 Å². The van der Waals surface area contributed by atoms with Crippen LogP contribution in [0.2, 0.25) is 0 Å². The summed E-state index contributed by atoms with van der Waals surface area (Å²) in [4.78, 5) is 3.73. The molecule has 0 aliphatic carbocycles. The Morgan fingerprint density at radius 1 is 1.75 bits per heavy atom. The van der Waals surface area contributed by atoms with Crippen molar-refractivity contribution in [1.29, 1.82) is 0 Å². The first-order chi connectivity index (χ1) is 3.91. The van der Waals surface area contributed by atoms with E-state index >= 15 is 0 Å². The summed E-state index contributed by atoms with van der Waals surface area (Å²) < 4.78 is 0. The molecule has 0 saturated carbocycles. The number of aliphatic imine (C=N–C) groups is 1. The van der Waals surface area contributed by atoms with Crippen molar-refractivity contribution >= 4 is 6.34 Å². The molecule has 3 N–H and O–H groups in total.